The van der Waals surface area contributed by atoms with Crippen molar-refractivity contribution >= 4 is 29.4 Å². The van der Waals surface area contributed by atoms with Gasteiger partial charge < -0.3 is 4.84 Å². The van der Waals surface area contributed by atoms with Crippen LogP contribution < -0.4 is 0 Å². The van der Waals surface area contributed by atoms with Gasteiger partial charge in [-0.2, -0.15) is 0 Å². The molecule has 0 aromatic heterocycles. The predicted molar refractivity (Wildman–Crippen MR) is 64.9 cm³/mol. The Labute approximate surface area is 99.8 Å². The normalized spacial score (nSPS) is 10.9. The number of hydrogen-bond acceptors (Lipinski definition) is 2. The maximum Gasteiger partial charge on any atom is 0.106 e. The minimum Gasteiger partial charge on any atom is -0.399 e. The molecule has 0 bridgehead atoms. The molecule has 0 unspecified atom stereocenters. The smallest absolute Gasteiger partial charge is 0.106 e. The summed E-state index contributed by atoms with van der Waals surface area (Å²) >= 11 is 11.7. The van der Waals surface area contributed by atoms with Gasteiger partial charge in [-0.3, -0.25) is 0 Å². The molecule has 0 aliphatic heterocycles. The molecule has 1 rings (SSSR count). The average molecular weight is 246 g/mol. The molecule has 0 radical (unpaired) electrons. The second-order valence-corrected chi connectivity index (χ2v) is 3.93. The van der Waals surface area contributed by atoms with E-state index in [1.807, 2.05) is 18.2 Å². The highest BCUT2D eigenvalue weighted by atomic mass is 35.5. The first-order valence-electron chi connectivity index (χ1n) is 4.73. The van der Waals surface area contributed by atoms with Crippen LogP contribution in [0.3, 0.4) is 0 Å². The van der Waals surface area contributed by atoms with Gasteiger partial charge in [-0.1, -0.05) is 34.4 Å². The van der Waals surface area contributed by atoms with Gasteiger partial charge in [-0.25, -0.2) is 0 Å². The van der Waals surface area contributed by atoms with Crippen molar-refractivity contribution in [2.75, 3.05) is 7.11 Å². The van der Waals surface area contributed by atoms with Gasteiger partial charge in [0.2, 0.25) is 0 Å². The van der Waals surface area contributed by atoms with Crippen LogP contribution in [0.25, 0.3) is 0 Å². The Hall–Kier alpha value is -0.730. The summed E-state index contributed by atoms with van der Waals surface area (Å²) in [5.41, 5.74) is 1.19. The van der Waals surface area contributed by atoms with Crippen LogP contribution >= 0.6 is 23.2 Å². The summed E-state index contributed by atoms with van der Waals surface area (Å²) in [5.74, 6) is 0. The van der Waals surface area contributed by atoms with E-state index in [0.29, 0.717) is 10.0 Å². The Morgan fingerprint density at radius 3 is 2.80 bits per heavy atom. The van der Waals surface area contributed by atoms with Gasteiger partial charge in [-0.05, 0) is 37.0 Å². The number of halogens is 2. The number of oxime groups is 1. The van der Waals surface area contributed by atoms with E-state index < -0.39 is 0 Å². The molecule has 1 aromatic carbocycles. The zero-order chi connectivity index (χ0) is 11.1. The zero-order valence-electron chi connectivity index (χ0n) is 8.54. The van der Waals surface area contributed by atoms with E-state index in [1.54, 1.807) is 6.21 Å². The first-order chi connectivity index (χ1) is 7.24. The fourth-order valence-electron chi connectivity index (χ4n) is 1.22. The van der Waals surface area contributed by atoms with E-state index in [4.69, 9.17) is 23.2 Å². The molecule has 0 amide bonds. The Bertz CT molecular complexity index is 339. The highest BCUT2D eigenvalue weighted by Gasteiger charge is 1.98. The molecule has 0 atom stereocenters. The Morgan fingerprint density at radius 1 is 1.33 bits per heavy atom. The molecule has 15 heavy (non-hydrogen) atoms. The molecule has 0 aliphatic rings. The molecule has 0 saturated heterocycles. The largest absolute Gasteiger partial charge is 0.399 e. The molecule has 0 N–H and O–H groups in total. The van der Waals surface area contributed by atoms with Crippen molar-refractivity contribution in [3.05, 3.63) is 33.8 Å². The third kappa shape index (κ3) is 4.54. The molecular weight excluding hydrogens is 233 g/mol. The number of benzene rings is 1. The van der Waals surface area contributed by atoms with Crippen LogP contribution in [0.1, 0.15) is 18.4 Å². The van der Waals surface area contributed by atoms with E-state index in [-0.39, 0.29) is 0 Å². The summed E-state index contributed by atoms with van der Waals surface area (Å²) in [7, 11) is 1.54. The van der Waals surface area contributed by atoms with E-state index in [1.165, 1.54) is 12.7 Å². The van der Waals surface area contributed by atoms with Crippen LogP contribution in [-0.2, 0) is 11.3 Å². The van der Waals surface area contributed by atoms with E-state index >= 15 is 0 Å². The lowest BCUT2D eigenvalue weighted by atomic mass is 10.1. The quantitative estimate of drug-likeness (QED) is 0.438. The van der Waals surface area contributed by atoms with Crippen LogP contribution in [0.5, 0.6) is 0 Å². The standard InChI is InChI=1S/C11H13Cl2NO/c1-15-14-7-3-2-4-9-5-6-10(12)11(13)8-9/h5-8H,2-4H2,1H3. The molecule has 0 heterocycles. The number of rotatable bonds is 5. The van der Waals surface area contributed by atoms with Crippen molar-refractivity contribution in [3.8, 4) is 0 Å². The molecule has 0 saturated carbocycles. The third-order valence-corrected chi connectivity index (χ3v) is 2.70. The van der Waals surface area contributed by atoms with Crippen molar-refractivity contribution in [2.45, 2.75) is 19.3 Å². The van der Waals surface area contributed by atoms with Crippen molar-refractivity contribution in [1.82, 2.24) is 0 Å². The van der Waals surface area contributed by atoms with Gasteiger partial charge in [-0.15, -0.1) is 0 Å². The van der Waals surface area contributed by atoms with E-state index in [2.05, 4.69) is 9.99 Å². The molecule has 0 aliphatic carbocycles. The van der Waals surface area contributed by atoms with Crippen molar-refractivity contribution < 1.29 is 4.84 Å². The Kier molecular flexibility index (Phi) is 5.51. The van der Waals surface area contributed by atoms with Crippen molar-refractivity contribution in [3.63, 3.8) is 0 Å². The second-order valence-electron chi connectivity index (χ2n) is 3.11. The number of hydrogen-bond donors (Lipinski definition) is 0. The van der Waals surface area contributed by atoms with Crippen LogP contribution in [-0.4, -0.2) is 13.3 Å². The fourth-order valence-corrected chi connectivity index (χ4v) is 1.54. The van der Waals surface area contributed by atoms with Crippen LogP contribution in [0, 0.1) is 0 Å². The van der Waals surface area contributed by atoms with E-state index in [9.17, 15) is 0 Å². The lowest BCUT2D eigenvalue weighted by Gasteiger charge is -2.01. The van der Waals surface area contributed by atoms with Crippen LogP contribution in [0.4, 0.5) is 0 Å². The summed E-state index contributed by atoms with van der Waals surface area (Å²) < 4.78 is 0. The highest BCUT2D eigenvalue weighted by molar-refractivity contribution is 6.42. The van der Waals surface area contributed by atoms with Gasteiger partial charge in [0, 0.05) is 6.21 Å². The van der Waals surface area contributed by atoms with Gasteiger partial charge in [0.1, 0.15) is 7.11 Å². The molecule has 4 heteroatoms. The molecule has 82 valence electrons. The topological polar surface area (TPSA) is 21.6 Å². The minimum absolute atomic E-state index is 0.598. The lowest BCUT2D eigenvalue weighted by molar-refractivity contribution is 0.214. The Morgan fingerprint density at radius 2 is 2.13 bits per heavy atom. The molecule has 1 aromatic rings. The minimum atomic E-state index is 0.598. The number of nitrogens with zero attached hydrogens (tertiary/aromatic N) is 1. The van der Waals surface area contributed by atoms with Gasteiger partial charge in [0.05, 0.1) is 10.0 Å². The summed E-state index contributed by atoms with van der Waals surface area (Å²) in [5, 5.41) is 4.87. The maximum atomic E-state index is 5.90. The van der Waals surface area contributed by atoms with Gasteiger partial charge in [0.15, 0.2) is 0 Å². The third-order valence-electron chi connectivity index (χ3n) is 1.96. The van der Waals surface area contributed by atoms with E-state index in [0.717, 1.165) is 19.3 Å². The summed E-state index contributed by atoms with van der Waals surface area (Å²) in [6.45, 7) is 0. The SMILES string of the molecule is CON=CCCCc1ccc(Cl)c(Cl)c1. The zero-order valence-corrected chi connectivity index (χ0v) is 10.1. The lowest BCUT2D eigenvalue weighted by Crippen LogP contribution is -1.87. The highest BCUT2D eigenvalue weighted by Crippen LogP contribution is 2.23. The predicted octanol–water partition coefficient (Wildman–Crippen LogP) is 3.95. The second kappa shape index (κ2) is 6.70. The monoisotopic (exact) mass is 245 g/mol. The first kappa shape index (κ1) is 12.3. The van der Waals surface area contributed by atoms with Crippen molar-refractivity contribution in [1.29, 1.82) is 0 Å². The van der Waals surface area contributed by atoms with Gasteiger partial charge >= 0.3 is 0 Å². The van der Waals surface area contributed by atoms with Crippen LogP contribution in [0.2, 0.25) is 10.0 Å². The fraction of sp³-hybridized carbons (Fsp3) is 0.364. The summed E-state index contributed by atoms with van der Waals surface area (Å²) in [4.78, 5) is 4.56. The van der Waals surface area contributed by atoms with Gasteiger partial charge in [0.25, 0.3) is 0 Å². The first-order valence-corrected chi connectivity index (χ1v) is 5.48. The summed E-state index contributed by atoms with van der Waals surface area (Å²) in [6, 6.07) is 5.71. The van der Waals surface area contributed by atoms with Crippen LogP contribution in [0.15, 0.2) is 23.4 Å². The molecule has 0 spiro atoms. The van der Waals surface area contributed by atoms with Crippen molar-refractivity contribution in [2.24, 2.45) is 5.16 Å². The molecule has 0 fully saturated rings. The Balaban J connectivity index is 2.38. The molecule has 2 nitrogen and oxygen atoms in total. The number of unbranched alkanes of at least 4 members (excludes halogenated alkanes) is 1. The molecular formula is C11H13Cl2NO. The average Bonchev–Trinajstić information content (AvgIpc) is 2.23. The summed E-state index contributed by atoms with van der Waals surface area (Å²) in [6.07, 6.45) is 4.64. The maximum absolute atomic E-state index is 5.90. The number of aryl methyl sites for hydroxylation is 1.